The number of aromatic nitrogens is 2. The van der Waals surface area contributed by atoms with Crippen LogP contribution in [0.3, 0.4) is 0 Å². The lowest BCUT2D eigenvalue weighted by molar-refractivity contribution is -0.184. The zero-order chi connectivity index (χ0) is 17.9. The van der Waals surface area contributed by atoms with Crippen LogP contribution in [0.4, 0.5) is 13.2 Å². The number of nitrogens with zero attached hydrogens (tertiary/aromatic N) is 2. The van der Waals surface area contributed by atoms with E-state index in [1.807, 2.05) is 18.2 Å². The summed E-state index contributed by atoms with van der Waals surface area (Å²) in [6.45, 7) is 1.20. The summed E-state index contributed by atoms with van der Waals surface area (Å²) in [5, 5.41) is 13.1. The van der Waals surface area contributed by atoms with E-state index >= 15 is 0 Å². The van der Waals surface area contributed by atoms with Gasteiger partial charge < -0.3 is 10.6 Å². The minimum atomic E-state index is -4.38. The first kappa shape index (κ1) is 20.5. The number of para-hydroxylation sites is 1. The van der Waals surface area contributed by atoms with Crippen molar-refractivity contribution < 1.29 is 18.0 Å². The zero-order valence-electron chi connectivity index (χ0n) is 14.0. The number of nitrogens with one attached hydrogen (secondary N) is 3. The molecule has 144 valence electrons. The number of hydrogen-bond donors (Lipinski definition) is 3. The Morgan fingerprint density at radius 2 is 1.96 bits per heavy atom. The number of fused-ring (bicyclic) bond motifs is 1. The molecular weight excluding hydrogens is 371 g/mol. The molecule has 1 amide bonds. The molecule has 1 unspecified atom stereocenters. The van der Waals surface area contributed by atoms with E-state index in [-0.39, 0.29) is 18.8 Å². The molecule has 1 aliphatic rings. The molecule has 6 nitrogen and oxygen atoms in total. The van der Waals surface area contributed by atoms with Crippen LogP contribution < -0.4 is 10.6 Å². The number of carbonyl (C=O) groups is 1. The molecule has 0 aliphatic carbocycles. The number of H-pyrrole nitrogens is 1. The van der Waals surface area contributed by atoms with Gasteiger partial charge in [0.1, 0.15) is 6.04 Å². The third-order valence-corrected chi connectivity index (χ3v) is 4.34. The molecule has 1 aliphatic heterocycles. The number of carbonyl (C=O) groups excluding carboxylic acids is 1. The number of piperazine rings is 1. The maximum atomic E-state index is 13.3. The molecule has 1 atom stereocenters. The molecule has 10 heteroatoms. The Labute approximate surface area is 154 Å². The SMILES string of the molecule is Cl.O=C(Cc1[nH]nc2ccccc12)NCC(N1CCNCC1)C(F)(F)F. The summed E-state index contributed by atoms with van der Waals surface area (Å²) in [7, 11) is 0. The molecule has 0 saturated carbocycles. The molecule has 1 aromatic heterocycles. The van der Waals surface area contributed by atoms with Crippen LogP contribution in [0.25, 0.3) is 10.9 Å². The van der Waals surface area contributed by atoms with E-state index in [1.54, 1.807) is 6.07 Å². The number of rotatable bonds is 5. The first-order valence-electron chi connectivity index (χ1n) is 8.15. The molecule has 3 N–H and O–H groups in total. The van der Waals surface area contributed by atoms with Gasteiger partial charge in [-0.05, 0) is 6.07 Å². The van der Waals surface area contributed by atoms with Gasteiger partial charge in [0.05, 0.1) is 17.6 Å². The monoisotopic (exact) mass is 391 g/mol. The van der Waals surface area contributed by atoms with E-state index in [4.69, 9.17) is 0 Å². The fraction of sp³-hybridized carbons (Fsp3) is 0.500. The lowest BCUT2D eigenvalue weighted by Gasteiger charge is -2.35. The fourth-order valence-electron chi connectivity index (χ4n) is 3.03. The average molecular weight is 392 g/mol. The Balaban J connectivity index is 0.00000243. The summed E-state index contributed by atoms with van der Waals surface area (Å²) in [6.07, 6.45) is -4.42. The number of aromatic amines is 1. The van der Waals surface area contributed by atoms with Crippen LogP contribution in [0.15, 0.2) is 24.3 Å². The number of alkyl halides is 3. The maximum absolute atomic E-state index is 13.3. The fourth-order valence-corrected chi connectivity index (χ4v) is 3.03. The van der Waals surface area contributed by atoms with Crippen molar-refractivity contribution in [2.24, 2.45) is 0 Å². The molecule has 26 heavy (non-hydrogen) atoms. The van der Waals surface area contributed by atoms with Gasteiger partial charge in [-0.15, -0.1) is 12.4 Å². The van der Waals surface area contributed by atoms with Crippen molar-refractivity contribution in [1.29, 1.82) is 0 Å². The van der Waals surface area contributed by atoms with E-state index in [0.29, 0.717) is 31.9 Å². The normalized spacial score (nSPS) is 16.9. The second-order valence-electron chi connectivity index (χ2n) is 6.04. The smallest absolute Gasteiger partial charge is 0.354 e. The van der Waals surface area contributed by atoms with Gasteiger partial charge in [0.2, 0.25) is 5.91 Å². The molecule has 1 saturated heterocycles. The first-order valence-corrected chi connectivity index (χ1v) is 8.15. The van der Waals surface area contributed by atoms with Gasteiger partial charge in [0.25, 0.3) is 0 Å². The van der Waals surface area contributed by atoms with E-state index in [0.717, 1.165) is 10.9 Å². The number of halogens is 4. The highest BCUT2D eigenvalue weighted by Crippen LogP contribution is 2.25. The second-order valence-corrected chi connectivity index (χ2v) is 6.04. The predicted molar refractivity (Wildman–Crippen MR) is 94.3 cm³/mol. The lowest BCUT2D eigenvalue weighted by atomic mass is 10.1. The van der Waals surface area contributed by atoms with Crippen LogP contribution in [-0.2, 0) is 11.2 Å². The first-order chi connectivity index (χ1) is 11.9. The van der Waals surface area contributed by atoms with E-state index in [2.05, 4.69) is 20.8 Å². The number of hydrogen-bond acceptors (Lipinski definition) is 4. The highest BCUT2D eigenvalue weighted by Gasteiger charge is 2.43. The minimum Gasteiger partial charge on any atom is -0.354 e. The summed E-state index contributed by atoms with van der Waals surface area (Å²) < 4.78 is 39.9. The van der Waals surface area contributed by atoms with Gasteiger partial charge in [0.15, 0.2) is 0 Å². The van der Waals surface area contributed by atoms with Gasteiger partial charge >= 0.3 is 6.18 Å². The van der Waals surface area contributed by atoms with Gasteiger partial charge in [-0.2, -0.15) is 18.3 Å². The third-order valence-electron chi connectivity index (χ3n) is 4.34. The van der Waals surface area contributed by atoms with Crippen LogP contribution >= 0.6 is 12.4 Å². The summed E-state index contributed by atoms with van der Waals surface area (Å²) in [6, 6.07) is 5.60. The molecular formula is C16H21ClF3N5O. The van der Waals surface area contributed by atoms with Crippen molar-refractivity contribution in [3.05, 3.63) is 30.0 Å². The third kappa shape index (κ3) is 4.87. The minimum absolute atomic E-state index is 0. The van der Waals surface area contributed by atoms with E-state index < -0.39 is 24.7 Å². The zero-order valence-corrected chi connectivity index (χ0v) is 14.8. The largest absolute Gasteiger partial charge is 0.405 e. The van der Waals surface area contributed by atoms with Crippen LogP contribution in [-0.4, -0.2) is 65.9 Å². The predicted octanol–water partition coefficient (Wildman–Crippen LogP) is 1.48. The Morgan fingerprint density at radius 1 is 1.27 bits per heavy atom. The number of benzene rings is 1. The number of amides is 1. The Kier molecular flexibility index (Phi) is 6.85. The second kappa shape index (κ2) is 8.70. The molecule has 1 fully saturated rings. The van der Waals surface area contributed by atoms with Crippen LogP contribution in [0, 0.1) is 0 Å². The van der Waals surface area contributed by atoms with Crippen LogP contribution in [0.1, 0.15) is 5.69 Å². The molecule has 1 aromatic carbocycles. The molecule has 0 radical (unpaired) electrons. The molecule has 3 rings (SSSR count). The van der Waals surface area contributed by atoms with Crippen molar-refractivity contribution in [3.8, 4) is 0 Å². The summed E-state index contributed by atoms with van der Waals surface area (Å²) in [5.74, 6) is -0.459. The van der Waals surface area contributed by atoms with Crippen LogP contribution in [0.2, 0.25) is 0 Å². The summed E-state index contributed by atoms with van der Waals surface area (Å²) >= 11 is 0. The van der Waals surface area contributed by atoms with Crippen molar-refractivity contribution in [1.82, 2.24) is 25.7 Å². The van der Waals surface area contributed by atoms with Gasteiger partial charge in [-0.25, -0.2) is 0 Å². The highest BCUT2D eigenvalue weighted by atomic mass is 35.5. The van der Waals surface area contributed by atoms with E-state index in [1.165, 1.54) is 4.90 Å². The van der Waals surface area contributed by atoms with Gasteiger partial charge in [-0.3, -0.25) is 14.8 Å². The standard InChI is InChI=1S/C16H20F3N5O.ClH/c17-16(18,19)14(24-7-5-20-6-8-24)10-21-15(25)9-13-11-3-1-2-4-12(11)22-23-13;/h1-4,14,20H,5-10H2,(H,21,25)(H,22,23);1H. The quantitative estimate of drug-likeness (QED) is 0.722. The van der Waals surface area contributed by atoms with E-state index in [9.17, 15) is 18.0 Å². The summed E-state index contributed by atoms with van der Waals surface area (Å²) in [4.78, 5) is 13.5. The van der Waals surface area contributed by atoms with Crippen molar-refractivity contribution in [2.45, 2.75) is 18.6 Å². The van der Waals surface area contributed by atoms with Crippen molar-refractivity contribution >= 4 is 29.2 Å². The van der Waals surface area contributed by atoms with Crippen molar-refractivity contribution in [3.63, 3.8) is 0 Å². The van der Waals surface area contributed by atoms with Crippen LogP contribution in [0.5, 0.6) is 0 Å². The highest BCUT2D eigenvalue weighted by molar-refractivity contribution is 5.87. The molecule has 0 spiro atoms. The Morgan fingerprint density at radius 3 is 2.65 bits per heavy atom. The topological polar surface area (TPSA) is 73.0 Å². The average Bonchev–Trinajstić information content (AvgIpc) is 2.98. The molecule has 0 bridgehead atoms. The molecule has 2 aromatic rings. The lowest BCUT2D eigenvalue weighted by Crippen LogP contribution is -2.57. The summed E-state index contributed by atoms with van der Waals surface area (Å²) in [5.41, 5.74) is 1.32. The van der Waals surface area contributed by atoms with Gasteiger partial charge in [0, 0.05) is 38.1 Å². The Bertz CT molecular complexity index is 730. The van der Waals surface area contributed by atoms with Gasteiger partial charge in [-0.1, -0.05) is 18.2 Å². The maximum Gasteiger partial charge on any atom is 0.405 e. The van der Waals surface area contributed by atoms with Crippen molar-refractivity contribution in [2.75, 3.05) is 32.7 Å². The Hall–Kier alpha value is -1.84. The molecule has 2 heterocycles.